The molecule has 18 heavy (non-hydrogen) atoms. The Morgan fingerprint density at radius 2 is 2.06 bits per heavy atom. The maximum atomic E-state index is 12.2. The predicted octanol–water partition coefficient (Wildman–Crippen LogP) is 2.67. The third-order valence-electron chi connectivity index (χ3n) is 3.60. The standard InChI is InChI=1S/C15H21NO2/c1-12-5-6-13(18-2)11-14(12)15(17)7-10-16-8-3-4-9-16/h5-6,11H,3-4,7-10H2,1-2H3. The van der Waals surface area contributed by atoms with Crippen molar-refractivity contribution in [2.45, 2.75) is 26.2 Å². The van der Waals surface area contributed by atoms with Crippen molar-refractivity contribution >= 4 is 5.78 Å². The van der Waals surface area contributed by atoms with E-state index in [1.54, 1.807) is 7.11 Å². The van der Waals surface area contributed by atoms with E-state index in [4.69, 9.17) is 4.74 Å². The number of ketones is 1. The van der Waals surface area contributed by atoms with Crippen LogP contribution in [0.3, 0.4) is 0 Å². The van der Waals surface area contributed by atoms with Crippen LogP contribution in [0.1, 0.15) is 35.2 Å². The highest BCUT2D eigenvalue weighted by molar-refractivity contribution is 5.97. The van der Waals surface area contributed by atoms with Gasteiger partial charge in [0.1, 0.15) is 5.75 Å². The van der Waals surface area contributed by atoms with Crippen molar-refractivity contribution in [3.05, 3.63) is 29.3 Å². The number of carbonyl (C=O) groups excluding carboxylic acids is 1. The first-order chi connectivity index (χ1) is 8.70. The fourth-order valence-corrected chi connectivity index (χ4v) is 2.43. The van der Waals surface area contributed by atoms with Gasteiger partial charge in [0.25, 0.3) is 0 Å². The molecule has 0 unspecified atom stereocenters. The summed E-state index contributed by atoms with van der Waals surface area (Å²) in [5.41, 5.74) is 1.83. The van der Waals surface area contributed by atoms with Crippen molar-refractivity contribution < 1.29 is 9.53 Å². The van der Waals surface area contributed by atoms with Gasteiger partial charge in [-0.1, -0.05) is 6.07 Å². The van der Waals surface area contributed by atoms with E-state index in [0.29, 0.717) is 6.42 Å². The Labute approximate surface area is 109 Å². The first kappa shape index (κ1) is 13.1. The molecule has 3 heteroatoms. The van der Waals surface area contributed by atoms with Gasteiger partial charge in [0, 0.05) is 18.5 Å². The summed E-state index contributed by atoms with van der Waals surface area (Å²) in [5, 5.41) is 0. The Morgan fingerprint density at radius 3 is 2.72 bits per heavy atom. The number of ether oxygens (including phenoxy) is 1. The van der Waals surface area contributed by atoms with Crippen LogP contribution in [-0.2, 0) is 0 Å². The van der Waals surface area contributed by atoms with E-state index in [2.05, 4.69) is 4.90 Å². The van der Waals surface area contributed by atoms with Crippen molar-refractivity contribution in [1.29, 1.82) is 0 Å². The fraction of sp³-hybridized carbons (Fsp3) is 0.533. The molecule has 1 aliphatic heterocycles. The molecular weight excluding hydrogens is 226 g/mol. The van der Waals surface area contributed by atoms with Crippen LogP contribution >= 0.6 is 0 Å². The van der Waals surface area contributed by atoms with E-state index < -0.39 is 0 Å². The molecule has 0 spiro atoms. The normalized spacial score (nSPS) is 15.9. The Bertz CT molecular complexity index is 423. The molecule has 1 aromatic carbocycles. The highest BCUT2D eigenvalue weighted by Crippen LogP contribution is 2.19. The van der Waals surface area contributed by atoms with Crippen molar-refractivity contribution in [2.75, 3.05) is 26.7 Å². The number of methoxy groups -OCH3 is 1. The van der Waals surface area contributed by atoms with Crippen molar-refractivity contribution in [2.24, 2.45) is 0 Å². The van der Waals surface area contributed by atoms with Crippen molar-refractivity contribution in [1.82, 2.24) is 4.90 Å². The first-order valence-corrected chi connectivity index (χ1v) is 6.61. The molecule has 0 radical (unpaired) electrons. The van der Waals surface area contributed by atoms with E-state index in [1.165, 1.54) is 12.8 Å². The molecule has 0 aliphatic carbocycles. The second-order valence-corrected chi connectivity index (χ2v) is 4.90. The lowest BCUT2D eigenvalue weighted by Crippen LogP contribution is -2.22. The van der Waals surface area contributed by atoms with E-state index in [1.807, 2.05) is 25.1 Å². The molecule has 98 valence electrons. The second-order valence-electron chi connectivity index (χ2n) is 4.90. The molecule has 1 heterocycles. The van der Waals surface area contributed by atoms with Crippen LogP contribution in [0.5, 0.6) is 5.75 Å². The number of nitrogens with zero attached hydrogens (tertiary/aromatic N) is 1. The van der Waals surface area contributed by atoms with Crippen molar-refractivity contribution in [3.8, 4) is 5.75 Å². The third kappa shape index (κ3) is 3.10. The zero-order valence-corrected chi connectivity index (χ0v) is 11.2. The van der Waals surface area contributed by atoms with Crippen LogP contribution in [0.2, 0.25) is 0 Å². The van der Waals surface area contributed by atoms with Gasteiger partial charge in [0.05, 0.1) is 7.11 Å². The molecule has 2 rings (SSSR count). The summed E-state index contributed by atoms with van der Waals surface area (Å²) in [7, 11) is 1.63. The lowest BCUT2D eigenvalue weighted by Gasteiger charge is -2.14. The smallest absolute Gasteiger partial charge is 0.164 e. The summed E-state index contributed by atoms with van der Waals surface area (Å²) < 4.78 is 5.18. The molecule has 1 aliphatic rings. The summed E-state index contributed by atoms with van der Waals surface area (Å²) in [6.45, 7) is 5.15. The summed E-state index contributed by atoms with van der Waals surface area (Å²) in [6.07, 6.45) is 3.15. The topological polar surface area (TPSA) is 29.5 Å². The van der Waals surface area contributed by atoms with Crippen molar-refractivity contribution in [3.63, 3.8) is 0 Å². The lowest BCUT2D eigenvalue weighted by molar-refractivity contribution is 0.0968. The lowest BCUT2D eigenvalue weighted by atomic mass is 10.0. The van der Waals surface area contributed by atoms with Crippen LogP contribution < -0.4 is 4.74 Å². The number of hydrogen-bond donors (Lipinski definition) is 0. The third-order valence-corrected chi connectivity index (χ3v) is 3.60. The largest absolute Gasteiger partial charge is 0.497 e. The Balaban J connectivity index is 1.98. The number of likely N-dealkylation sites (tertiary alicyclic amines) is 1. The van der Waals surface area contributed by atoms with Gasteiger partial charge in [-0.05, 0) is 50.6 Å². The van der Waals surface area contributed by atoms with Gasteiger partial charge >= 0.3 is 0 Å². The fourth-order valence-electron chi connectivity index (χ4n) is 2.43. The van der Waals surface area contributed by atoms with Gasteiger partial charge < -0.3 is 9.64 Å². The molecule has 1 aromatic rings. The van der Waals surface area contributed by atoms with Crippen LogP contribution in [0, 0.1) is 6.92 Å². The minimum absolute atomic E-state index is 0.221. The molecule has 1 saturated heterocycles. The van der Waals surface area contributed by atoms with Crippen LogP contribution in [-0.4, -0.2) is 37.4 Å². The van der Waals surface area contributed by atoms with Gasteiger partial charge in [-0.2, -0.15) is 0 Å². The zero-order valence-electron chi connectivity index (χ0n) is 11.2. The Morgan fingerprint density at radius 1 is 1.33 bits per heavy atom. The number of rotatable bonds is 5. The highest BCUT2D eigenvalue weighted by Gasteiger charge is 2.15. The average Bonchev–Trinajstić information content (AvgIpc) is 2.89. The summed E-state index contributed by atoms with van der Waals surface area (Å²) in [5.74, 6) is 0.975. The summed E-state index contributed by atoms with van der Waals surface area (Å²) in [4.78, 5) is 14.6. The molecule has 0 saturated carbocycles. The predicted molar refractivity (Wildman–Crippen MR) is 72.4 cm³/mol. The summed E-state index contributed by atoms with van der Waals surface area (Å²) >= 11 is 0. The van der Waals surface area contributed by atoms with Gasteiger partial charge in [-0.25, -0.2) is 0 Å². The molecule has 0 N–H and O–H groups in total. The Hall–Kier alpha value is -1.35. The van der Waals surface area contributed by atoms with Crippen LogP contribution in [0.15, 0.2) is 18.2 Å². The number of aryl methyl sites for hydroxylation is 1. The molecule has 0 amide bonds. The number of Topliss-reactive ketones (excluding diaryl/α,β-unsaturated/α-hetero) is 1. The molecule has 0 aromatic heterocycles. The maximum Gasteiger partial charge on any atom is 0.164 e. The SMILES string of the molecule is COc1ccc(C)c(C(=O)CCN2CCCC2)c1. The number of hydrogen-bond acceptors (Lipinski definition) is 3. The maximum absolute atomic E-state index is 12.2. The minimum atomic E-state index is 0.221. The Kier molecular flexibility index (Phi) is 4.37. The molecular formula is C15H21NO2. The molecule has 3 nitrogen and oxygen atoms in total. The van der Waals surface area contributed by atoms with Gasteiger partial charge in [0.2, 0.25) is 0 Å². The van der Waals surface area contributed by atoms with E-state index in [-0.39, 0.29) is 5.78 Å². The van der Waals surface area contributed by atoms with E-state index in [9.17, 15) is 4.79 Å². The minimum Gasteiger partial charge on any atom is -0.497 e. The monoisotopic (exact) mass is 247 g/mol. The van der Waals surface area contributed by atoms with Gasteiger partial charge in [-0.15, -0.1) is 0 Å². The molecule has 1 fully saturated rings. The van der Waals surface area contributed by atoms with E-state index in [0.717, 1.165) is 36.5 Å². The van der Waals surface area contributed by atoms with Gasteiger partial charge in [0.15, 0.2) is 5.78 Å². The first-order valence-electron chi connectivity index (χ1n) is 6.61. The number of benzene rings is 1. The van der Waals surface area contributed by atoms with Gasteiger partial charge in [-0.3, -0.25) is 4.79 Å². The molecule has 0 atom stereocenters. The second kappa shape index (κ2) is 6.01. The number of carbonyl (C=O) groups is 1. The van der Waals surface area contributed by atoms with Crippen LogP contribution in [0.4, 0.5) is 0 Å². The zero-order chi connectivity index (χ0) is 13.0. The van der Waals surface area contributed by atoms with E-state index >= 15 is 0 Å². The quantitative estimate of drug-likeness (QED) is 0.749. The van der Waals surface area contributed by atoms with Crippen LogP contribution in [0.25, 0.3) is 0 Å². The summed E-state index contributed by atoms with van der Waals surface area (Å²) in [6, 6.07) is 5.69. The average molecular weight is 247 g/mol. The molecule has 0 bridgehead atoms. The highest BCUT2D eigenvalue weighted by atomic mass is 16.5.